The summed E-state index contributed by atoms with van der Waals surface area (Å²) in [6, 6.07) is 0. The number of ether oxygens (including phenoxy) is 1. The Hall–Kier alpha value is -0.570. The van der Waals surface area contributed by atoms with Crippen LogP contribution >= 0.6 is 0 Å². The number of hydrogen-bond acceptors (Lipinski definition) is 3. The first kappa shape index (κ1) is 10.5. The van der Waals surface area contributed by atoms with Gasteiger partial charge in [0.25, 0.3) is 0 Å². The third-order valence-electron chi connectivity index (χ3n) is 2.62. The zero-order valence-corrected chi connectivity index (χ0v) is 8.38. The van der Waals surface area contributed by atoms with Crippen LogP contribution in [-0.2, 0) is 9.53 Å². The fourth-order valence-electron chi connectivity index (χ4n) is 1.11. The van der Waals surface area contributed by atoms with E-state index >= 15 is 0 Å². The minimum absolute atomic E-state index is 0.156. The first-order valence-corrected chi connectivity index (χ1v) is 4.84. The molecule has 0 radical (unpaired) electrons. The van der Waals surface area contributed by atoms with Gasteiger partial charge < -0.3 is 9.84 Å². The van der Waals surface area contributed by atoms with Gasteiger partial charge >= 0.3 is 5.97 Å². The average molecular weight is 186 g/mol. The summed E-state index contributed by atoms with van der Waals surface area (Å²) in [4.78, 5) is 11.4. The van der Waals surface area contributed by atoms with E-state index in [9.17, 15) is 4.79 Å². The summed E-state index contributed by atoms with van der Waals surface area (Å²) in [7, 11) is 0. The highest BCUT2D eigenvalue weighted by Gasteiger charge is 2.29. The van der Waals surface area contributed by atoms with E-state index in [1.165, 1.54) is 19.3 Å². The zero-order chi connectivity index (χ0) is 9.90. The van der Waals surface area contributed by atoms with Gasteiger partial charge in [-0.3, -0.25) is 4.79 Å². The molecular weight excluding hydrogens is 168 g/mol. The van der Waals surface area contributed by atoms with E-state index in [1.54, 1.807) is 13.8 Å². The van der Waals surface area contributed by atoms with Crippen molar-refractivity contribution in [2.45, 2.75) is 33.1 Å². The van der Waals surface area contributed by atoms with E-state index in [2.05, 4.69) is 0 Å². The molecule has 0 atom stereocenters. The SMILES string of the molecule is CC(C)(CO)C(=O)OCC1CCC1. The van der Waals surface area contributed by atoms with E-state index in [1.807, 2.05) is 0 Å². The van der Waals surface area contributed by atoms with Crippen molar-refractivity contribution in [1.82, 2.24) is 0 Å². The smallest absolute Gasteiger partial charge is 0.313 e. The lowest BCUT2D eigenvalue weighted by Crippen LogP contribution is -2.32. The van der Waals surface area contributed by atoms with Crippen molar-refractivity contribution in [1.29, 1.82) is 0 Å². The molecule has 0 aromatic rings. The molecule has 13 heavy (non-hydrogen) atoms. The highest BCUT2D eigenvalue weighted by molar-refractivity contribution is 5.76. The van der Waals surface area contributed by atoms with Crippen molar-refractivity contribution in [3.05, 3.63) is 0 Å². The number of aliphatic hydroxyl groups is 1. The molecule has 3 nitrogen and oxygen atoms in total. The molecule has 0 heterocycles. The molecular formula is C10H18O3. The van der Waals surface area contributed by atoms with Gasteiger partial charge in [0.05, 0.1) is 18.6 Å². The fourth-order valence-corrected chi connectivity index (χ4v) is 1.11. The maximum Gasteiger partial charge on any atom is 0.313 e. The molecule has 0 saturated heterocycles. The van der Waals surface area contributed by atoms with Crippen LogP contribution in [0.2, 0.25) is 0 Å². The van der Waals surface area contributed by atoms with E-state index in [-0.39, 0.29) is 12.6 Å². The molecule has 0 aromatic carbocycles. The van der Waals surface area contributed by atoms with Crippen LogP contribution < -0.4 is 0 Å². The van der Waals surface area contributed by atoms with Crippen molar-refractivity contribution in [2.24, 2.45) is 11.3 Å². The lowest BCUT2D eigenvalue weighted by atomic mass is 9.86. The molecule has 76 valence electrons. The second-order valence-electron chi connectivity index (χ2n) is 4.44. The Morgan fingerprint density at radius 2 is 2.15 bits per heavy atom. The van der Waals surface area contributed by atoms with Crippen molar-refractivity contribution in [2.75, 3.05) is 13.2 Å². The first-order chi connectivity index (χ1) is 6.06. The standard InChI is InChI=1S/C10H18O3/c1-10(2,7-11)9(12)13-6-8-4-3-5-8/h8,11H,3-7H2,1-2H3. The number of carbonyl (C=O) groups is 1. The Balaban J connectivity index is 2.23. The highest BCUT2D eigenvalue weighted by atomic mass is 16.5. The lowest BCUT2D eigenvalue weighted by molar-refractivity contribution is -0.158. The summed E-state index contributed by atoms with van der Waals surface area (Å²) < 4.78 is 5.10. The molecule has 0 unspecified atom stereocenters. The van der Waals surface area contributed by atoms with Gasteiger partial charge in [-0.15, -0.1) is 0 Å². The van der Waals surface area contributed by atoms with Crippen LogP contribution in [-0.4, -0.2) is 24.3 Å². The number of aliphatic hydroxyl groups excluding tert-OH is 1. The molecule has 1 aliphatic carbocycles. The van der Waals surface area contributed by atoms with Crippen molar-refractivity contribution in [3.63, 3.8) is 0 Å². The Morgan fingerprint density at radius 1 is 1.54 bits per heavy atom. The van der Waals surface area contributed by atoms with Crippen LogP contribution in [0.4, 0.5) is 0 Å². The normalized spacial score (nSPS) is 18.1. The predicted octanol–water partition coefficient (Wildman–Crippen LogP) is 1.35. The molecule has 0 spiro atoms. The van der Waals surface area contributed by atoms with Crippen LogP contribution in [0, 0.1) is 11.3 Å². The van der Waals surface area contributed by atoms with Gasteiger partial charge in [-0.2, -0.15) is 0 Å². The van der Waals surface area contributed by atoms with Crippen LogP contribution in [0.1, 0.15) is 33.1 Å². The minimum Gasteiger partial charge on any atom is -0.465 e. The molecule has 1 aliphatic rings. The van der Waals surface area contributed by atoms with E-state index < -0.39 is 5.41 Å². The average Bonchev–Trinajstić information content (AvgIpc) is 2.01. The van der Waals surface area contributed by atoms with Crippen molar-refractivity contribution in [3.8, 4) is 0 Å². The number of carbonyl (C=O) groups excluding carboxylic acids is 1. The van der Waals surface area contributed by atoms with Gasteiger partial charge in [-0.05, 0) is 32.6 Å². The Bertz CT molecular complexity index is 183. The molecule has 1 fully saturated rings. The second kappa shape index (κ2) is 4.09. The lowest BCUT2D eigenvalue weighted by Gasteiger charge is -2.27. The van der Waals surface area contributed by atoms with E-state index in [0.29, 0.717) is 12.5 Å². The molecule has 0 bridgehead atoms. The topological polar surface area (TPSA) is 46.5 Å². The molecule has 1 rings (SSSR count). The molecule has 0 aromatic heterocycles. The number of hydrogen-bond donors (Lipinski definition) is 1. The van der Waals surface area contributed by atoms with Gasteiger partial charge in [-0.25, -0.2) is 0 Å². The number of esters is 1. The van der Waals surface area contributed by atoms with Gasteiger partial charge in [-0.1, -0.05) is 6.42 Å². The third-order valence-corrected chi connectivity index (χ3v) is 2.62. The summed E-state index contributed by atoms with van der Waals surface area (Å²) in [6.07, 6.45) is 3.60. The summed E-state index contributed by atoms with van der Waals surface area (Å²) in [5.41, 5.74) is -0.746. The minimum atomic E-state index is -0.746. The van der Waals surface area contributed by atoms with Crippen LogP contribution in [0.15, 0.2) is 0 Å². The maximum absolute atomic E-state index is 11.4. The van der Waals surface area contributed by atoms with Crippen LogP contribution in [0.5, 0.6) is 0 Å². The van der Waals surface area contributed by atoms with Gasteiger partial charge in [0.1, 0.15) is 0 Å². The Morgan fingerprint density at radius 3 is 2.54 bits per heavy atom. The maximum atomic E-state index is 11.4. The van der Waals surface area contributed by atoms with Gasteiger partial charge in [0, 0.05) is 0 Å². The Labute approximate surface area is 79.1 Å². The first-order valence-electron chi connectivity index (χ1n) is 4.84. The van der Waals surface area contributed by atoms with Crippen LogP contribution in [0.25, 0.3) is 0 Å². The predicted molar refractivity (Wildman–Crippen MR) is 49.2 cm³/mol. The molecule has 1 N–H and O–H groups in total. The third kappa shape index (κ3) is 2.69. The summed E-state index contributed by atoms with van der Waals surface area (Å²) in [5.74, 6) is 0.278. The van der Waals surface area contributed by atoms with Crippen molar-refractivity contribution < 1.29 is 14.6 Å². The summed E-state index contributed by atoms with van der Waals surface area (Å²) in [6.45, 7) is 3.75. The highest BCUT2D eigenvalue weighted by Crippen LogP contribution is 2.27. The molecule has 0 amide bonds. The quantitative estimate of drug-likeness (QED) is 0.674. The fraction of sp³-hybridized carbons (Fsp3) is 0.900. The van der Waals surface area contributed by atoms with Crippen LogP contribution in [0.3, 0.4) is 0 Å². The van der Waals surface area contributed by atoms with E-state index in [4.69, 9.17) is 9.84 Å². The zero-order valence-electron chi connectivity index (χ0n) is 8.38. The molecule has 3 heteroatoms. The van der Waals surface area contributed by atoms with Gasteiger partial charge in [0.2, 0.25) is 0 Å². The van der Waals surface area contributed by atoms with E-state index in [0.717, 1.165) is 0 Å². The largest absolute Gasteiger partial charge is 0.465 e. The molecule has 0 aliphatic heterocycles. The number of rotatable bonds is 4. The summed E-state index contributed by atoms with van der Waals surface area (Å²) >= 11 is 0. The van der Waals surface area contributed by atoms with Crippen molar-refractivity contribution >= 4 is 5.97 Å². The Kier molecular flexibility index (Phi) is 3.31. The van der Waals surface area contributed by atoms with Gasteiger partial charge in [0.15, 0.2) is 0 Å². The monoisotopic (exact) mass is 186 g/mol. The second-order valence-corrected chi connectivity index (χ2v) is 4.44. The summed E-state index contributed by atoms with van der Waals surface area (Å²) in [5, 5.41) is 8.90. The molecule has 1 saturated carbocycles.